The molecule has 0 bridgehead atoms. The molecule has 2 rings (SSSR count). The number of sulfonamides is 2. The molecule has 0 amide bonds. The van der Waals surface area contributed by atoms with E-state index in [0.717, 1.165) is 6.07 Å². The van der Waals surface area contributed by atoms with Gasteiger partial charge < -0.3 is 0 Å². The fourth-order valence-electron chi connectivity index (χ4n) is 1.88. The van der Waals surface area contributed by atoms with Gasteiger partial charge in [-0.25, -0.2) is 22.0 Å². The molecule has 0 atom stereocenters. The molecule has 10 heteroatoms. The van der Waals surface area contributed by atoms with Gasteiger partial charge in [0.25, 0.3) is 10.0 Å². The van der Waals surface area contributed by atoms with Crippen LogP contribution in [0.2, 0.25) is 0 Å². The maximum atomic E-state index is 12.3. The molecule has 114 valence electrons. The number of H-pyrrole nitrogens is 1. The molecule has 0 saturated heterocycles. The number of anilines is 1. The van der Waals surface area contributed by atoms with Crippen molar-refractivity contribution in [1.82, 2.24) is 10.2 Å². The monoisotopic (exact) mass is 330 g/mol. The third-order valence-corrected chi connectivity index (χ3v) is 5.30. The van der Waals surface area contributed by atoms with Crippen molar-refractivity contribution < 1.29 is 16.8 Å². The van der Waals surface area contributed by atoms with E-state index in [1.807, 2.05) is 0 Å². The number of hydrogen-bond acceptors (Lipinski definition) is 5. The van der Waals surface area contributed by atoms with Crippen LogP contribution in [0.4, 0.5) is 5.69 Å². The number of aromatic nitrogens is 2. The minimum Gasteiger partial charge on any atom is -0.281 e. The number of nitrogens with one attached hydrogen (secondary N) is 2. The van der Waals surface area contributed by atoms with Crippen LogP contribution in [0.1, 0.15) is 11.4 Å². The molecule has 4 N–H and O–H groups in total. The molecule has 0 spiro atoms. The molecule has 0 unspecified atom stereocenters. The zero-order valence-electron chi connectivity index (χ0n) is 11.3. The largest absolute Gasteiger partial charge is 0.281 e. The molecule has 0 aliphatic carbocycles. The van der Waals surface area contributed by atoms with Crippen LogP contribution in [-0.2, 0) is 20.0 Å². The number of primary sulfonamides is 1. The van der Waals surface area contributed by atoms with Crippen molar-refractivity contribution >= 4 is 25.7 Å². The highest BCUT2D eigenvalue weighted by Gasteiger charge is 2.22. The second kappa shape index (κ2) is 5.13. The van der Waals surface area contributed by atoms with Gasteiger partial charge in [-0.3, -0.25) is 9.82 Å². The van der Waals surface area contributed by atoms with Gasteiger partial charge in [-0.1, -0.05) is 6.07 Å². The number of nitrogens with two attached hydrogens (primary N) is 1. The minimum atomic E-state index is -3.90. The molecule has 1 aromatic heterocycles. The van der Waals surface area contributed by atoms with Gasteiger partial charge >= 0.3 is 0 Å². The molecule has 0 aliphatic rings. The van der Waals surface area contributed by atoms with E-state index < -0.39 is 20.0 Å². The normalized spacial score (nSPS) is 12.3. The van der Waals surface area contributed by atoms with Gasteiger partial charge in [0.15, 0.2) is 0 Å². The van der Waals surface area contributed by atoms with E-state index in [0.29, 0.717) is 11.4 Å². The number of benzene rings is 1. The van der Waals surface area contributed by atoms with Gasteiger partial charge in [-0.15, -0.1) is 0 Å². The first kappa shape index (κ1) is 15.5. The van der Waals surface area contributed by atoms with Crippen LogP contribution in [0.15, 0.2) is 34.1 Å². The van der Waals surface area contributed by atoms with Crippen LogP contribution in [0.5, 0.6) is 0 Å². The summed E-state index contributed by atoms with van der Waals surface area (Å²) in [5.41, 5.74) is 0.812. The summed E-state index contributed by atoms with van der Waals surface area (Å²) in [7, 11) is -7.78. The predicted octanol–water partition coefficient (Wildman–Crippen LogP) is 0.475. The van der Waals surface area contributed by atoms with Crippen molar-refractivity contribution in [3.63, 3.8) is 0 Å². The molecular formula is C11H14N4O4S2. The van der Waals surface area contributed by atoms with E-state index in [2.05, 4.69) is 14.9 Å². The summed E-state index contributed by atoms with van der Waals surface area (Å²) in [4.78, 5) is -0.146. The van der Waals surface area contributed by atoms with Gasteiger partial charge in [-0.2, -0.15) is 5.10 Å². The van der Waals surface area contributed by atoms with Gasteiger partial charge in [0.2, 0.25) is 10.0 Å². The predicted molar refractivity (Wildman–Crippen MR) is 76.7 cm³/mol. The lowest BCUT2D eigenvalue weighted by Crippen LogP contribution is -2.16. The topological polar surface area (TPSA) is 135 Å². The number of rotatable bonds is 4. The number of hydrogen-bond donors (Lipinski definition) is 3. The van der Waals surface area contributed by atoms with E-state index in [1.54, 1.807) is 13.8 Å². The van der Waals surface area contributed by atoms with E-state index in [9.17, 15) is 16.8 Å². The quantitative estimate of drug-likeness (QED) is 0.749. The van der Waals surface area contributed by atoms with Crippen molar-refractivity contribution in [3.8, 4) is 0 Å². The van der Waals surface area contributed by atoms with Crippen molar-refractivity contribution in [2.75, 3.05) is 4.72 Å². The van der Waals surface area contributed by atoms with Crippen LogP contribution < -0.4 is 9.86 Å². The first-order valence-corrected chi connectivity index (χ1v) is 8.81. The van der Waals surface area contributed by atoms with Crippen molar-refractivity contribution in [2.24, 2.45) is 5.14 Å². The highest BCUT2D eigenvalue weighted by atomic mass is 32.2. The zero-order valence-corrected chi connectivity index (χ0v) is 12.9. The Morgan fingerprint density at radius 1 is 1.19 bits per heavy atom. The highest BCUT2D eigenvalue weighted by molar-refractivity contribution is 7.92. The Labute approximate surface area is 122 Å². The standard InChI is InChI=1S/C11H14N4O4S2/c1-7-11(8(2)14-13-7)21(18,19)15-9-4-3-5-10(6-9)20(12,16)17/h3-6,15H,1-2H3,(H,13,14)(H2,12,16,17). The average Bonchev–Trinajstić information content (AvgIpc) is 2.68. The molecule has 0 radical (unpaired) electrons. The lowest BCUT2D eigenvalue weighted by atomic mass is 10.3. The van der Waals surface area contributed by atoms with Crippen LogP contribution in [0.3, 0.4) is 0 Å². The summed E-state index contributed by atoms with van der Waals surface area (Å²) >= 11 is 0. The molecule has 0 aliphatic heterocycles. The van der Waals surface area contributed by atoms with Crippen LogP contribution >= 0.6 is 0 Å². The number of nitrogens with zero attached hydrogens (tertiary/aromatic N) is 1. The second-order valence-electron chi connectivity index (χ2n) is 4.44. The Hall–Kier alpha value is -1.91. The molecule has 1 heterocycles. The Bertz CT molecular complexity index is 865. The third kappa shape index (κ3) is 3.23. The maximum absolute atomic E-state index is 12.3. The van der Waals surface area contributed by atoms with Gasteiger partial charge in [0, 0.05) is 0 Å². The smallest absolute Gasteiger partial charge is 0.265 e. The molecule has 21 heavy (non-hydrogen) atoms. The second-order valence-corrected chi connectivity index (χ2v) is 7.62. The highest BCUT2D eigenvalue weighted by Crippen LogP contribution is 2.22. The maximum Gasteiger partial charge on any atom is 0.265 e. The van der Waals surface area contributed by atoms with Gasteiger partial charge in [-0.05, 0) is 32.0 Å². The van der Waals surface area contributed by atoms with Crippen LogP contribution in [0.25, 0.3) is 0 Å². The lowest BCUT2D eigenvalue weighted by Gasteiger charge is -2.09. The summed E-state index contributed by atoms with van der Waals surface area (Å²) in [5.74, 6) is 0. The van der Waals surface area contributed by atoms with Crippen LogP contribution in [0, 0.1) is 13.8 Å². The van der Waals surface area contributed by atoms with E-state index in [-0.39, 0.29) is 15.5 Å². The Kier molecular flexibility index (Phi) is 3.78. The average molecular weight is 330 g/mol. The molecular weight excluding hydrogens is 316 g/mol. The van der Waals surface area contributed by atoms with Crippen LogP contribution in [-0.4, -0.2) is 27.0 Å². The first-order valence-electron chi connectivity index (χ1n) is 5.78. The van der Waals surface area contributed by atoms with E-state index in [4.69, 9.17) is 5.14 Å². The summed E-state index contributed by atoms with van der Waals surface area (Å²) in [5, 5.41) is 11.4. The molecule has 8 nitrogen and oxygen atoms in total. The lowest BCUT2D eigenvalue weighted by molar-refractivity contribution is 0.596. The SMILES string of the molecule is Cc1n[nH]c(C)c1S(=O)(=O)Nc1cccc(S(N)(=O)=O)c1. The third-order valence-electron chi connectivity index (χ3n) is 2.74. The van der Waals surface area contributed by atoms with E-state index in [1.165, 1.54) is 18.2 Å². The Morgan fingerprint density at radius 3 is 2.38 bits per heavy atom. The minimum absolute atomic E-state index is 0.0310. The Balaban J connectivity index is 2.43. The molecule has 1 aromatic carbocycles. The van der Waals surface area contributed by atoms with Crippen molar-refractivity contribution in [2.45, 2.75) is 23.6 Å². The van der Waals surface area contributed by atoms with Gasteiger partial charge in [0.1, 0.15) is 4.90 Å². The van der Waals surface area contributed by atoms with Gasteiger partial charge in [0.05, 0.1) is 22.0 Å². The molecule has 0 fully saturated rings. The number of aryl methyl sites for hydroxylation is 2. The first-order chi connectivity index (χ1) is 9.61. The summed E-state index contributed by atoms with van der Waals surface area (Å²) in [6.07, 6.45) is 0. The van der Waals surface area contributed by atoms with Crippen molar-refractivity contribution in [1.29, 1.82) is 0 Å². The molecule has 0 saturated carbocycles. The summed E-state index contributed by atoms with van der Waals surface area (Å²) in [6, 6.07) is 5.25. The summed E-state index contributed by atoms with van der Waals surface area (Å²) < 4.78 is 49.5. The van der Waals surface area contributed by atoms with Crippen molar-refractivity contribution in [3.05, 3.63) is 35.7 Å². The Morgan fingerprint density at radius 2 is 1.86 bits per heavy atom. The fraction of sp³-hybridized carbons (Fsp3) is 0.182. The number of aromatic amines is 1. The fourth-order valence-corrected chi connectivity index (χ4v) is 3.86. The zero-order chi connectivity index (χ0) is 15.8. The molecule has 2 aromatic rings. The van der Waals surface area contributed by atoms with E-state index >= 15 is 0 Å². The summed E-state index contributed by atoms with van der Waals surface area (Å²) in [6.45, 7) is 3.13.